The van der Waals surface area contributed by atoms with Gasteiger partial charge in [-0.25, -0.2) is 0 Å². The highest BCUT2D eigenvalue weighted by atomic mass is 16.3. The number of nitrogens with one attached hydrogen (secondary N) is 1. The maximum Gasteiger partial charge on any atom is 0.243 e. The molecule has 0 fully saturated rings. The minimum absolute atomic E-state index is 0.135. The van der Waals surface area contributed by atoms with E-state index in [0.29, 0.717) is 13.0 Å². The second-order valence-electron chi connectivity index (χ2n) is 7.15. The van der Waals surface area contributed by atoms with Gasteiger partial charge in [0.1, 0.15) is 0 Å². The van der Waals surface area contributed by atoms with Crippen LogP contribution in [0.1, 0.15) is 78.6 Å². The molecule has 3 heteroatoms. The molecular weight excluding hydrogens is 346 g/mol. The third kappa shape index (κ3) is 16.3. The molecule has 0 aromatic heterocycles. The van der Waals surface area contributed by atoms with E-state index in [4.69, 9.17) is 0 Å². The van der Waals surface area contributed by atoms with Gasteiger partial charge in [0.15, 0.2) is 0 Å². The molecule has 0 aliphatic carbocycles. The van der Waals surface area contributed by atoms with Gasteiger partial charge in [0.05, 0.1) is 5.60 Å². The number of hydrogen-bond donors (Lipinski definition) is 2. The van der Waals surface area contributed by atoms with Gasteiger partial charge in [0.2, 0.25) is 5.91 Å². The summed E-state index contributed by atoms with van der Waals surface area (Å²) in [5.74, 6) is -0.135. The first-order chi connectivity index (χ1) is 13.6. The monoisotopic (exact) mass is 387 g/mol. The van der Waals surface area contributed by atoms with Crippen LogP contribution in [-0.2, 0) is 4.79 Å². The molecule has 0 rings (SSSR count). The first-order valence-electron chi connectivity index (χ1n) is 10.9. The summed E-state index contributed by atoms with van der Waals surface area (Å²) in [6, 6.07) is 0. The van der Waals surface area contributed by atoms with Crippen LogP contribution in [0.15, 0.2) is 60.8 Å². The fourth-order valence-electron chi connectivity index (χ4n) is 2.52. The number of allylic oxidation sites excluding steroid dienone is 9. The summed E-state index contributed by atoms with van der Waals surface area (Å²) < 4.78 is 0. The van der Waals surface area contributed by atoms with Gasteiger partial charge < -0.3 is 10.4 Å². The summed E-state index contributed by atoms with van der Waals surface area (Å²) >= 11 is 0. The van der Waals surface area contributed by atoms with Gasteiger partial charge in [-0.1, -0.05) is 101 Å². The van der Waals surface area contributed by atoms with Crippen molar-refractivity contribution in [2.45, 2.75) is 84.2 Å². The number of carbonyl (C=O) groups is 1. The molecule has 28 heavy (non-hydrogen) atoms. The molecule has 1 unspecified atom stereocenters. The summed E-state index contributed by atoms with van der Waals surface area (Å²) in [6.07, 6.45) is 28.7. The van der Waals surface area contributed by atoms with Crippen LogP contribution < -0.4 is 5.32 Å². The Hall–Kier alpha value is -1.87. The summed E-state index contributed by atoms with van der Waals surface area (Å²) in [7, 11) is 0. The van der Waals surface area contributed by atoms with Gasteiger partial charge in [0.25, 0.3) is 0 Å². The van der Waals surface area contributed by atoms with Gasteiger partial charge in [-0.15, -0.1) is 0 Å². The molecule has 0 saturated carbocycles. The Bertz CT molecular complexity index is 529. The maximum absolute atomic E-state index is 11.8. The van der Waals surface area contributed by atoms with E-state index < -0.39 is 5.60 Å². The largest absolute Gasteiger partial charge is 0.388 e. The van der Waals surface area contributed by atoms with Crippen molar-refractivity contribution in [1.29, 1.82) is 0 Å². The third-order valence-electron chi connectivity index (χ3n) is 4.57. The van der Waals surface area contributed by atoms with Crippen molar-refractivity contribution in [2.24, 2.45) is 0 Å². The molecule has 2 N–H and O–H groups in total. The average molecular weight is 388 g/mol. The van der Waals surface area contributed by atoms with Crippen molar-refractivity contribution >= 4 is 5.91 Å². The Labute approximate surface area is 173 Å². The molecule has 0 bridgehead atoms. The smallest absolute Gasteiger partial charge is 0.243 e. The van der Waals surface area contributed by atoms with Crippen LogP contribution in [0.25, 0.3) is 0 Å². The normalized spacial score (nSPS) is 14.9. The molecule has 0 aliphatic rings. The minimum atomic E-state index is -0.783. The molecule has 0 heterocycles. The molecule has 0 aromatic carbocycles. The number of amides is 1. The Balaban J connectivity index is 3.91. The van der Waals surface area contributed by atoms with E-state index in [9.17, 15) is 9.90 Å². The standard InChI is InChI=1S/C25H41NO2/c1-4-7-9-10-11-12-13-14-15-16-17-18-19-20-21-24(27)26-23-25(28,6-3)22-8-5-2/h10-17,20-21,28H,4-9,18-19,22-23H2,1-3H3,(H,26,27). The van der Waals surface area contributed by atoms with Crippen LogP contribution in [0.5, 0.6) is 0 Å². The first kappa shape index (κ1) is 26.1. The van der Waals surface area contributed by atoms with Crippen molar-refractivity contribution in [1.82, 2.24) is 5.32 Å². The first-order valence-corrected chi connectivity index (χ1v) is 10.9. The lowest BCUT2D eigenvalue weighted by molar-refractivity contribution is -0.117. The van der Waals surface area contributed by atoms with E-state index in [1.165, 1.54) is 12.8 Å². The summed E-state index contributed by atoms with van der Waals surface area (Å²) in [5, 5.41) is 13.2. The second-order valence-corrected chi connectivity index (χ2v) is 7.15. The van der Waals surface area contributed by atoms with Crippen LogP contribution in [0, 0.1) is 0 Å². The van der Waals surface area contributed by atoms with E-state index in [1.54, 1.807) is 6.08 Å². The zero-order chi connectivity index (χ0) is 20.9. The summed E-state index contributed by atoms with van der Waals surface area (Å²) in [5.41, 5.74) is -0.783. The van der Waals surface area contributed by atoms with Crippen LogP contribution >= 0.6 is 0 Å². The van der Waals surface area contributed by atoms with Gasteiger partial charge in [-0.3, -0.25) is 4.79 Å². The number of hydrogen-bond acceptors (Lipinski definition) is 2. The van der Waals surface area contributed by atoms with Crippen molar-refractivity contribution in [3.63, 3.8) is 0 Å². The van der Waals surface area contributed by atoms with Gasteiger partial charge in [0, 0.05) is 6.54 Å². The van der Waals surface area contributed by atoms with Crippen LogP contribution in [0.3, 0.4) is 0 Å². The fraction of sp³-hybridized carbons (Fsp3) is 0.560. The molecule has 0 spiro atoms. The van der Waals surface area contributed by atoms with Gasteiger partial charge in [-0.05, 0) is 38.2 Å². The van der Waals surface area contributed by atoms with E-state index in [1.807, 2.05) is 43.4 Å². The highest BCUT2D eigenvalue weighted by Crippen LogP contribution is 2.17. The number of rotatable bonds is 16. The Morgan fingerprint density at radius 3 is 2.00 bits per heavy atom. The molecule has 3 nitrogen and oxygen atoms in total. The highest BCUT2D eigenvalue weighted by molar-refractivity contribution is 5.87. The Morgan fingerprint density at radius 2 is 1.39 bits per heavy atom. The maximum atomic E-state index is 11.8. The zero-order valence-corrected chi connectivity index (χ0v) is 18.2. The average Bonchev–Trinajstić information content (AvgIpc) is 2.71. The van der Waals surface area contributed by atoms with Crippen molar-refractivity contribution < 1.29 is 9.90 Å². The van der Waals surface area contributed by atoms with Crippen molar-refractivity contribution in [2.75, 3.05) is 6.54 Å². The Morgan fingerprint density at radius 1 is 0.821 bits per heavy atom. The third-order valence-corrected chi connectivity index (χ3v) is 4.57. The quantitative estimate of drug-likeness (QED) is 0.189. The minimum Gasteiger partial charge on any atom is -0.388 e. The van der Waals surface area contributed by atoms with E-state index in [-0.39, 0.29) is 5.91 Å². The second kappa shape index (κ2) is 18.5. The molecular formula is C25H41NO2. The predicted octanol–water partition coefficient (Wildman–Crippen LogP) is 6.19. The van der Waals surface area contributed by atoms with Crippen LogP contribution in [-0.4, -0.2) is 23.2 Å². The van der Waals surface area contributed by atoms with Crippen molar-refractivity contribution in [3.05, 3.63) is 60.8 Å². The Kier molecular flexibility index (Phi) is 17.3. The van der Waals surface area contributed by atoms with Gasteiger partial charge in [-0.2, -0.15) is 0 Å². The summed E-state index contributed by atoms with van der Waals surface area (Å²) in [6.45, 7) is 6.58. The lowest BCUT2D eigenvalue weighted by atomic mass is 9.94. The SMILES string of the molecule is CCCCC=CC=CC=CC=CCCC=CC(=O)NCC(O)(CC)CCCC. The zero-order valence-electron chi connectivity index (χ0n) is 18.2. The highest BCUT2D eigenvalue weighted by Gasteiger charge is 2.23. The van der Waals surface area contributed by atoms with Gasteiger partial charge >= 0.3 is 0 Å². The molecule has 0 aromatic rings. The number of unbranched alkanes of at least 4 members (excludes halogenated alkanes) is 4. The van der Waals surface area contributed by atoms with E-state index in [0.717, 1.165) is 38.5 Å². The molecule has 0 saturated heterocycles. The number of carbonyl (C=O) groups excluding carboxylic acids is 1. The van der Waals surface area contributed by atoms with E-state index in [2.05, 4.69) is 37.4 Å². The van der Waals surface area contributed by atoms with E-state index >= 15 is 0 Å². The summed E-state index contributed by atoms with van der Waals surface area (Å²) in [4.78, 5) is 11.8. The van der Waals surface area contributed by atoms with Crippen LogP contribution in [0.2, 0.25) is 0 Å². The van der Waals surface area contributed by atoms with Crippen molar-refractivity contribution in [3.8, 4) is 0 Å². The molecule has 0 radical (unpaired) electrons. The fourth-order valence-corrected chi connectivity index (χ4v) is 2.52. The molecule has 1 amide bonds. The number of aliphatic hydroxyl groups is 1. The lowest BCUT2D eigenvalue weighted by Crippen LogP contribution is -2.42. The molecule has 158 valence electrons. The molecule has 1 atom stereocenters. The lowest BCUT2D eigenvalue weighted by Gasteiger charge is -2.26. The van der Waals surface area contributed by atoms with Crippen LogP contribution in [0.4, 0.5) is 0 Å². The topological polar surface area (TPSA) is 49.3 Å². The molecule has 0 aliphatic heterocycles. The predicted molar refractivity (Wildman–Crippen MR) is 122 cm³/mol.